The molecule has 0 fully saturated rings. The number of rotatable bonds is 10. The van der Waals surface area contributed by atoms with Crippen molar-refractivity contribution in [3.63, 3.8) is 0 Å². The molecule has 0 amide bonds. The zero-order valence-corrected chi connectivity index (χ0v) is 19.9. The van der Waals surface area contributed by atoms with E-state index in [-0.39, 0.29) is 40.6 Å². The Morgan fingerprint density at radius 3 is 1.71 bits per heavy atom. The maximum atomic E-state index is 11.2. The van der Waals surface area contributed by atoms with Gasteiger partial charge in [0.2, 0.25) is 11.8 Å². The Morgan fingerprint density at radius 2 is 1.29 bits per heavy atom. The molecule has 0 unspecified atom stereocenters. The van der Waals surface area contributed by atoms with E-state index in [1.54, 1.807) is 20.3 Å². The van der Waals surface area contributed by atoms with E-state index in [0.717, 1.165) is 0 Å². The molecule has 0 aliphatic carbocycles. The summed E-state index contributed by atoms with van der Waals surface area (Å²) in [5.41, 5.74) is 0.576. The molecule has 2 aromatic rings. The Morgan fingerprint density at radius 1 is 0.839 bits per heavy atom. The summed E-state index contributed by atoms with van der Waals surface area (Å²) in [6.07, 6.45) is 2.89. The summed E-state index contributed by atoms with van der Waals surface area (Å²) < 4.78 is 24.5. The number of carboxylic acids is 1. The fourth-order valence-electron chi connectivity index (χ4n) is 1.81. The minimum absolute atomic E-state index is 0. The number of esters is 1. The summed E-state index contributed by atoms with van der Waals surface area (Å²) in [4.78, 5) is 29.5. The van der Waals surface area contributed by atoms with Gasteiger partial charge in [0.15, 0.2) is 0 Å². The van der Waals surface area contributed by atoms with Gasteiger partial charge in [-0.15, -0.1) is 0 Å². The largest absolute Gasteiger partial charge is 1.00 e. The van der Waals surface area contributed by atoms with Crippen molar-refractivity contribution >= 4 is 11.9 Å². The number of nitrogens with zero attached hydrogens (tertiary/aromatic N) is 2. The van der Waals surface area contributed by atoms with Crippen molar-refractivity contribution in [3.8, 4) is 11.8 Å². The molecule has 0 radical (unpaired) electrons. The van der Waals surface area contributed by atoms with Gasteiger partial charge in [0.25, 0.3) is 0 Å². The molecule has 0 bridgehead atoms. The summed E-state index contributed by atoms with van der Waals surface area (Å²) in [5.74, 6) is -0.727. The maximum absolute atomic E-state index is 11.2. The molecule has 0 spiro atoms. The number of methoxy groups -OCH3 is 3. The van der Waals surface area contributed by atoms with Gasteiger partial charge in [-0.2, -0.15) is 0 Å². The van der Waals surface area contributed by atoms with Gasteiger partial charge in [-0.05, 0) is 12.1 Å². The summed E-state index contributed by atoms with van der Waals surface area (Å²) in [5, 5.41) is 8.67. The maximum Gasteiger partial charge on any atom is 1.00 e. The van der Waals surface area contributed by atoms with E-state index in [1.165, 1.54) is 37.7 Å². The Hall–Kier alpha value is -2.28. The zero-order valence-electron chi connectivity index (χ0n) is 17.9. The first-order chi connectivity index (χ1) is 14.0. The normalized spacial score (nSPS) is 9.13. The van der Waals surface area contributed by atoms with Gasteiger partial charge in [-0.1, -0.05) is 0 Å². The predicted molar refractivity (Wildman–Crippen MR) is 103 cm³/mol. The van der Waals surface area contributed by atoms with Gasteiger partial charge in [-0.25, -0.2) is 19.6 Å². The number of ether oxygens (including phenoxy) is 5. The van der Waals surface area contributed by atoms with Crippen molar-refractivity contribution < 1.29 is 73.4 Å². The van der Waals surface area contributed by atoms with Crippen molar-refractivity contribution in [2.45, 2.75) is 0 Å². The van der Waals surface area contributed by atoms with E-state index < -0.39 is 11.9 Å². The van der Waals surface area contributed by atoms with Crippen molar-refractivity contribution in [1.82, 2.24) is 9.97 Å². The molecule has 0 saturated heterocycles. The van der Waals surface area contributed by atoms with Crippen LogP contribution in [0.1, 0.15) is 20.7 Å². The number of hydrogen-bond acceptors (Lipinski definition) is 10. The Kier molecular flexibility index (Phi) is 18.4. The first kappa shape index (κ1) is 30.9. The van der Waals surface area contributed by atoms with Gasteiger partial charge < -0.3 is 34.3 Å². The van der Waals surface area contributed by atoms with Crippen LogP contribution in [0.4, 0.5) is 0 Å². The molecule has 0 atom stereocenters. The Balaban J connectivity index is 0. The standard InChI is InChI=1S/C10H13NO4.C9H11NO4.Na.H2O/c1-13-5-6-15-9-7-8(3-4-11-9)10(12)14-2;1-13-4-5-14-8-6-7(9(11)12)2-3-10-8;;/h3-4,7H,5-6H2,1-2H3;2-3,6H,4-5H2,1H3,(H,11,12);;1H2/q;;+1;/p-1. The molecule has 2 rings (SSSR count). The third-order valence-corrected chi connectivity index (χ3v) is 3.21. The second kappa shape index (κ2) is 18.5. The van der Waals surface area contributed by atoms with E-state index in [0.29, 0.717) is 43.8 Å². The van der Waals surface area contributed by atoms with Crippen LogP contribution in [-0.4, -0.2) is 80.2 Å². The molecular formula is C19H25N2NaO9. The minimum Gasteiger partial charge on any atom is -0.870 e. The summed E-state index contributed by atoms with van der Waals surface area (Å²) in [6.45, 7) is 1.67. The van der Waals surface area contributed by atoms with Crippen LogP contribution in [0, 0.1) is 0 Å². The second-order valence-electron chi connectivity index (χ2n) is 5.24. The topological polar surface area (TPSA) is 156 Å². The third-order valence-electron chi connectivity index (χ3n) is 3.21. The number of aromatic carboxylic acids is 1. The van der Waals surface area contributed by atoms with Crippen LogP contribution in [0.2, 0.25) is 0 Å². The van der Waals surface area contributed by atoms with Gasteiger partial charge in [-0.3, -0.25) is 0 Å². The first-order valence-electron chi connectivity index (χ1n) is 8.49. The molecular weight excluding hydrogens is 423 g/mol. The number of carboxylic acid groups (broad SMARTS) is 1. The molecule has 0 aromatic carbocycles. The van der Waals surface area contributed by atoms with Crippen LogP contribution >= 0.6 is 0 Å². The van der Waals surface area contributed by atoms with Gasteiger partial charge in [0, 0.05) is 38.7 Å². The van der Waals surface area contributed by atoms with Crippen LogP contribution < -0.4 is 39.0 Å². The van der Waals surface area contributed by atoms with Gasteiger partial charge >= 0.3 is 41.5 Å². The number of aromatic nitrogens is 2. The predicted octanol–water partition coefficient (Wildman–Crippen LogP) is -1.47. The molecule has 31 heavy (non-hydrogen) atoms. The molecule has 2 aromatic heterocycles. The van der Waals surface area contributed by atoms with Crippen LogP contribution in [0.3, 0.4) is 0 Å². The fourth-order valence-corrected chi connectivity index (χ4v) is 1.81. The van der Waals surface area contributed by atoms with Crippen LogP contribution in [-0.2, 0) is 14.2 Å². The summed E-state index contributed by atoms with van der Waals surface area (Å²) in [7, 11) is 4.47. The molecule has 2 N–H and O–H groups in total. The quantitative estimate of drug-likeness (QED) is 0.257. The zero-order chi connectivity index (χ0) is 21.5. The minimum atomic E-state index is -0.996. The molecule has 166 valence electrons. The van der Waals surface area contributed by atoms with E-state index in [1.807, 2.05) is 0 Å². The smallest absolute Gasteiger partial charge is 0.870 e. The molecule has 11 nitrogen and oxygen atoms in total. The first-order valence-corrected chi connectivity index (χ1v) is 8.49. The number of carbonyl (C=O) groups is 2. The Bertz CT molecular complexity index is 778. The SMILES string of the molecule is COCCOc1cc(C(=O)O)ccn1.COCCOc1cc(C(=O)OC)ccn1.[Na+].[OH-]. The second-order valence-corrected chi connectivity index (χ2v) is 5.24. The third kappa shape index (κ3) is 12.9. The molecule has 0 saturated carbocycles. The number of carbonyl (C=O) groups excluding carboxylic acids is 1. The number of hydrogen-bond donors (Lipinski definition) is 1. The summed E-state index contributed by atoms with van der Waals surface area (Å²) >= 11 is 0. The van der Waals surface area contributed by atoms with E-state index >= 15 is 0 Å². The molecule has 0 aliphatic rings. The molecule has 0 aliphatic heterocycles. The molecule has 12 heteroatoms. The van der Waals surface area contributed by atoms with Crippen LogP contribution in [0.25, 0.3) is 0 Å². The average molecular weight is 448 g/mol. The fraction of sp³-hybridized carbons (Fsp3) is 0.368. The van der Waals surface area contributed by atoms with Crippen molar-refractivity contribution in [2.75, 3.05) is 47.8 Å². The van der Waals surface area contributed by atoms with Crippen molar-refractivity contribution in [1.29, 1.82) is 0 Å². The van der Waals surface area contributed by atoms with Crippen LogP contribution in [0.5, 0.6) is 11.8 Å². The summed E-state index contributed by atoms with van der Waals surface area (Å²) in [6, 6.07) is 5.88. The van der Waals surface area contributed by atoms with E-state index in [2.05, 4.69) is 14.7 Å². The average Bonchev–Trinajstić information content (AvgIpc) is 2.74. The van der Waals surface area contributed by atoms with Crippen molar-refractivity contribution in [2.24, 2.45) is 0 Å². The Labute approximate surface area is 202 Å². The monoisotopic (exact) mass is 448 g/mol. The van der Waals surface area contributed by atoms with E-state index in [4.69, 9.17) is 24.1 Å². The van der Waals surface area contributed by atoms with E-state index in [9.17, 15) is 9.59 Å². The van der Waals surface area contributed by atoms with Gasteiger partial charge in [0.1, 0.15) is 13.2 Å². The van der Waals surface area contributed by atoms with Gasteiger partial charge in [0.05, 0.1) is 31.5 Å². The van der Waals surface area contributed by atoms with Crippen LogP contribution in [0.15, 0.2) is 36.7 Å². The molecule has 2 heterocycles. The number of pyridine rings is 2. The van der Waals surface area contributed by atoms with Crippen molar-refractivity contribution in [3.05, 3.63) is 47.8 Å².